The van der Waals surface area contributed by atoms with Crippen molar-refractivity contribution >= 4 is 17.4 Å². The summed E-state index contributed by atoms with van der Waals surface area (Å²) in [5, 5.41) is 0.556. The molecule has 1 aromatic carbocycles. The predicted octanol–water partition coefficient (Wildman–Crippen LogP) is 2.84. The van der Waals surface area contributed by atoms with E-state index < -0.39 is 5.60 Å². The lowest BCUT2D eigenvalue weighted by Crippen LogP contribution is -2.27. The summed E-state index contributed by atoms with van der Waals surface area (Å²) in [4.78, 5) is 11.3. The number of para-hydroxylation sites is 1. The fourth-order valence-corrected chi connectivity index (χ4v) is 1.55. The molecular formula is C11H11ClO2. The summed E-state index contributed by atoms with van der Waals surface area (Å²) < 4.78 is 5.62. The molecule has 0 amide bonds. The molecule has 0 unspecified atom stereocenters. The van der Waals surface area contributed by atoms with Gasteiger partial charge in [-0.2, -0.15) is 0 Å². The van der Waals surface area contributed by atoms with Crippen molar-refractivity contribution in [1.82, 2.24) is 0 Å². The van der Waals surface area contributed by atoms with Crippen molar-refractivity contribution in [3.05, 3.63) is 29.3 Å². The van der Waals surface area contributed by atoms with Gasteiger partial charge < -0.3 is 4.74 Å². The Morgan fingerprint density at radius 2 is 2.07 bits per heavy atom. The zero-order valence-electron chi connectivity index (χ0n) is 7.92. The van der Waals surface area contributed by atoms with Gasteiger partial charge in [-0.05, 0) is 31.9 Å². The average molecular weight is 211 g/mol. The molecule has 0 atom stereocenters. The van der Waals surface area contributed by atoms with Crippen LogP contribution >= 0.6 is 11.6 Å². The van der Waals surface area contributed by atoms with E-state index in [1.807, 2.05) is 12.1 Å². The third-order valence-electron chi connectivity index (χ3n) is 2.49. The molecule has 14 heavy (non-hydrogen) atoms. The van der Waals surface area contributed by atoms with Crippen molar-refractivity contribution in [3.63, 3.8) is 0 Å². The van der Waals surface area contributed by atoms with Gasteiger partial charge in [0.05, 0.1) is 5.02 Å². The topological polar surface area (TPSA) is 26.3 Å². The van der Waals surface area contributed by atoms with E-state index in [1.165, 1.54) is 0 Å². The summed E-state index contributed by atoms with van der Waals surface area (Å²) in [6.45, 7) is 1.56. The Morgan fingerprint density at radius 3 is 2.57 bits per heavy atom. The third kappa shape index (κ3) is 1.62. The number of ether oxygens (including phenoxy) is 1. The second-order valence-electron chi connectivity index (χ2n) is 3.58. The molecule has 2 nitrogen and oxygen atoms in total. The number of ketones is 1. The fraction of sp³-hybridized carbons (Fsp3) is 0.364. The Hall–Kier alpha value is -1.02. The first-order valence-electron chi connectivity index (χ1n) is 4.59. The van der Waals surface area contributed by atoms with E-state index in [4.69, 9.17) is 16.3 Å². The molecule has 0 aliphatic heterocycles. The average Bonchev–Trinajstić information content (AvgIpc) is 2.90. The van der Waals surface area contributed by atoms with Gasteiger partial charge in [-0.3, -0.25) is 4.79 Å². The zero-order chi connectivity index (χ0) is 10.2. The highest BCUT2D eigenvalue weighted by Crippen LogP contribution is 2.42. The maximum atomic E-state index is 11.3. The highest BCUT2D eigenvalue weighted by Gasteiger charge is 2.50. The second kappa shape index (κ2) is 3.28. The molecule has 0 aromatic heterocycles. The van der Waals surface area contributed by atoms with E-state index in [9.17, 15) is 4.79 Å². The van der Waals surface area contributed by atoms with Crippen LogP contribution in [0.5, 0.6) is 5.75 Å². The quantitative estimate of drug-likeness (QED) is 0.767. The summed E-state index contributed by atoms with van der Waals surface area (Å²) in [5.41, 5.74) is -0.578. The van der Waals surface area contributed by atoms with Crippen molar-refractivity contribution in [1.29, 1.82) is 0 Å². The van der Waals surface area contributed by atoms with Crippen LogP contribution in [0.15, 0.2) is 24.3 Å². The SMILES string of the molecule is CC(=O)C1(Oc2ccccc2Cl)CC1. The third-order valence-corrected chi connectivity index (χ3v) is 2.80. The molecule has 0 heterocycles. The number of carbonyl (C=O) groups excluding carboxylic acids is 1. The zero-order valence-corrected chi connectivity index (χ0v) is 8.67. The molecule has 0 bridgehead atoms. The van der Waals surface area contributed by atoms with Gasteiger partial charge in [-0.25, -0.2) is 0 Å². The number of hydrogen-bond donors (Lipinski definition) is 0. The minimum Gasteiger partial charge on any atom is -0.478 e. The summed E-state index contributed by atoms with van der Waals surface area (Å²) in [5.74, 6) is 0.680. The van der Waals surface area contributed by atoms with E-state index in [0.717, 1.165) is 12.8 Å². The van der Waals surface area contributed by atoms with Gasteiger partial charge >= 0.3 is 0 Å². The monoisotopic (exact) mass is 210 g/mol. The Bertz CT molecular complexity index is 369. The van der Waals surface area contributed by atoms with Crippen molar-refractivity contribution in [3.8, 4) is 5.75 Å². The predicted molar refractivity (Wildman–Crippen MR) is 54.7 cm³/mol. The summed E-state index contributed by atoms with van der Waals surface area (Å²) in [7, 11) is 0. The Kier molecular flexibility index (Phi) is 2.23. The fourth-order valence-electron chi connectivity index (χ4n) is 1.38. The van der Waals surface area contributed by atoms with Crippen LogP contribution in [-0.2, 0) is 4.79 Å². The molecule has 0 N–H and O–H groups in total. The molecule has 0 saturated heterocycles. The maximum Gasteiger partial charge on any atom is 0.173 e. The Labute approximate surface area is 87.8 Å². The summed E-state index contributed by atoms with van der Waals surface area (Å²) in [6, 6.07) is 7.22. The first kappa shape index (κ1) is 9.53. The van der Waals surface area contributed by atoms with Crippen LogP contribution in [0, 0.1) is 0 Å². The normalized spacial score (nSPS) is 17.6. The molecule has 3 heteroatoms. The number of carbonyl (C=O) groups is 1. The molecule has 74 valence electrons. The van der Waals surface area contributed by atoms with Crippen LogP contribution < -0.4 is 4.74 Å². The van der Waals surface area contributed by atoms with Crippen LogP contribution in [0.1, 0.15) is 19.8 Å². The van der Waals surface area contributed by atoms with Crippen LogP contribution in [0.2, 0.25) is 5.02 Å². The molecule has 1 aromatic rings. The molecule has 1 fully saturated rings. The molecule has 2 rings (SSSR count). The smallest absolute Gasteiger partial charge is 0.173 e. The molecule has 1 aliphatic rings. The van der Waals surface area contributed by atoms with Crippen LogP contribution in [-0.4, -0.2) is 11.4 Å². The van der Waals surface area contributed by atoms with Gasteiger partial charge in [0.15, 0.2) is 11.4 Å². The summed E-state index contributed by atoms with van der Waals surface area (Å²) in [6.07, 6.45) is 1.60. The van der Waals surface area contributed by atoms with Crippen molar-refractivity contribution in [2.45, 2.75) is 25.4 Å². The van der Waals surface area contributed by atoms with E-state index in [1.54, 1.807) is 19.1 Å². The number of rotatable bonds is 3. The minimum absolute atomic E-state index is 0.0809. The minimum atomic E-state index is -0.578. The van der Waals surface area contributed by atoms with Gasteiger partial charge in [0.2, 0.25) is 0 Å². The Balaban J connectivity index is 2.19. The standard InChI is InChI=1S/C11H11ClO2/c1-8(13)11(6-7-11)14-10-5-3-2-4-9(10)12/h2-5H,6-7H2,1H3. The molecular weight excluding hydrogens is 200 g/mol. The lowest BCUT2D eigenvalue weighted by Gasteiger charge is -2.15. The van der Waals surface area contributed by atoms with Crippen LogP contribution in [0.4, 0.5) is 0 Å². The van der Waals surface area contributed by atoms with Gasteiger partial charge in [0, 0.05) is 0 Å². The number of halogens is 1. The van der Waals surface area contributed by atoms with Gasteiger partial charge in [0.1, 0.15) is 5.75 Å². The summed E-state index contributed by atoms with van der Waals surface area (Å²) >= 11 is 5.93. The molecule has 1 saturated carbocycles. The van der Waals surface area contributed by atoms with Gasteiger partial charge in [-0.1, -0.05) is 23.7 Å². The van der Waals surface area contributed by atoms with Gasteiger partial charge in [-0.15, -0.1) is 0 Å². The second-order valence-corrected chi connectivity index (χ2v) is 3.99. The van der Waals surface area contributed by atoms with E-state index in [0.29, 0.717) is 10.8 Å². The van der Waals surface area contributed by atoms with Crippen molar-refractivity contribution in [2.24, 2.45) is 0 Å². The highest BCUT2D eigenvalue weighted by atomic mass is 35.5. The van der Waals surface area contributed by atoms with Crippen LogP contribution in [0.25, 0.3) is 0 Å². The van der Waals surface area contributed by atoms with Crippen molar-refractivity contribution < 1.29 is 9.53 Å². The highest BCUT2D eigenvalue weighted by molar-refractivity contribution is 6.32. The van der Waals surface area contributed by atoms with Crippen LogP contribution in [0.3, 0.4) is 0 Å². The first-order valence-corrected chi connectivity index (χ1v) is 4.96. The maximum absolute atomic E-state index is 11.3. The van der Waals surface area contributed by atoms with E-state index >= 15 is 0 Å². The lowest BCUT2D eigenvalue weighted by atomic mass is 10.2. The molecule has 0 spiro atoms. The number of Topliss-reactive ketones (excluding diaryl/α,β-unsaturated/α-hetero) is 1. The van der Waals surface area contributed by atoms with Crippen molar-refractivity contribution in [2.75, 3.05) is 0 Å². The van der Waals surface area contributed by atoms with Gasteiger partial charge in [0.25, 0.3) is 0 Å². The molecule has 0 radical (unpaired) electrons. The lowest BCUT2D eigenvalue weighted by molar-refractivity contribution is -0.125. The first-order chi connectivity index (χ1) is 6.64. The Morgan fingerprint density at radius 1 is 1.43 bits per heavy atom. The largest absolute Gasteiger partial charge is 0.478 e. The number of hydrogen-bond acceptors (Lipinski definition) is 2. The molecule has 1 aliphatic carbocycles. The van der Waals surface area contributed by atoms with E-state index in [-0.39, 0.29) is 5.78 Å². The number of benzene rings is 1. The van der Waals surface area contributed by atoms with E-state index in [2.05, 4.69) is 0 Å².